The Bertz CT molecular complexity index is 1400. The lowest BCUT2D eigenvalue weighted by Gasteiger charge is -2.23. The molecule has 10 heteroatoms. The molecule has 3 aromatic rings. The number of carbonyl (C=O) groups excluding carboxylic acids is 1. The lowest BCUT2D eigenvalue weighted by atomic mass is 10.0. The molecule has 0 bridgehead atoms. The van der Waals surface area contributed by atoms with E-state index in [1.807, 2.05) is 42.6 Å². The van der Waals surface area contributed by atoms with E-state index >= 15 is 0 Å². The fourth-order valence-electron chi connectivity index (χ4n) is 3.60. The predicted molar refractivity (Wildman–Crippen MR) is 138 cm³/mol. The maximum Gasteiger partial charge on any atom is 0.338 e. The summed E-state index contributed by atoms with van der Waals surface area (Å²) in [5, 5.41) is 1.93. The van der Waals surface area contributed by atoms with E-state index in [0.29, 0.717) is 33.0 Å². The van der Waals surface area contributed by atoms with Crippen LogP contribution in [-0.4, -0.2) is 23.8 Å². The molecule has 0 spiro atoms. The van der Waals surface area contributed by atoms with Gasteiger partial charge in [-0.2, -0.15) is 0 Å². The van der Waals surface area contributed by atoms with E-state index in [9.17, 15) is 9.59 Å². The van der Waals surface area contributed by atoms with Gasteiger partial charge in [0, 0.05) is 4.88 Å². The minimum atomic E-state index is -0.568. The number of benzene rings is 1. The molecule has 33 heavy (non-hydrogen) atoms. The van der Waals surface area contributed by atoms with Crippen LogP contribution in [0.15, 0.2) is 59.6 Å². The first-order valence-corrected chi connectivity index (χ1v) is 13.5. The molecule has 0 unspecified atom stereocenters. The average molecular weight is 612 g/mol. The van der Waals surface area contributed by atoms with Crippen molar-refractivity contribution in [2.24, 2.45) is 4.99 Å². The summed E-state index contributed by atoms with van der Waals surface area (Å²) in [6.07, 6.45) is 1.82. The number of aromatic nitrogens is 1. The number of thiazole rings is 1. The number of thiophene rings is 1. The van der Waals surface area contributed by atoms with E-state index in [0.717, 1.165) is 19.4 Å². The Labute approximate surface area is 215 Å². The van der Waals surface area contributed by atoms with Crippen molar-refractivity contribution >= 4 is 66.6 Å². The molecule has 2 aromatic heterocycles. The lowest BCUT2D eigenvalue weighted by Crippen LogP contribution is -2.39. The summed E-state index contributed by atoms with van der Waals surface area (Å²) < 4.78 is 14.6. The van der Waals surface area contributed by atoms with Crippen LogP contribution in [0.25, 0.3) is 6.08 Å². The largest absolute Gasteiger partial charge is 0.492 e. The fourth-order valence-corrected chi connectivity index (χ4v) is 6.92. The van der Waals surface area contributed by atoms with Crippen molar-refractivity contribution in [3.63, 3.8) is 0 Å². The molecular weight excluding hydrogens is 592 g/mol. The van der Waals surface area contributed by atoms with Gasteiger partial charge in [-0.05, 0) is 87.8 Å². The Hall–Kier alpha value is -2.01. The third-order valence-electron chi connectivity index (χ3n) is 4.94. The minimum Gasteiger partial charge on any atom is -0.492 e. The van der Waals surface area contributed by atoms with Gasteiger partial charge in [-0.3, -0.25) is 9.36 Å². The van der Waals surface area contributed by atoms with Gasteiger partial charge in [0.15, 0.2) is 4.80 Å². The van der Waals surface area contributed by atoms with Gasteiger partial charge in [0.1, 0.15) is 11.8 Å². The van der Waals surface area contributed by atoms with E-state index in [4.69, 9.17) is 9.47 Å². The molecule has 0 aliphatic carbocycles. The molecule has 1 aliphatic heterocycles. The Morgan fingerprint density at radius 1 is 1.24 bits per heavy atom. The van der Waals surface area contributed by atoms with E-state index in [1.165, 1.54) is 22.7 Å². The first-order valence-electron chi connectivity index (χ1n) is 10.2. The third-order valence-corrected chi connectivity index (χ3v) is 8.02. The summed E-state index contributed by atoms with van der Waals surface area (Å²) in [5.41, 5.74) is 1.58. The molecule has 0 N–H and O–H groups in total. The number of allylic oxidation sites excluding steroid dienone is 1. The summed E-state index contributed by atoms with van der Waals surface area (Å²) in [4.78, 5) is 32.4. The molecule has 1 aliphatic rings. The van der Waals surface area contributed by atoms with Crippen molar-refractivity contribution in [3.05, 3.63) is 80.0 Å². The van der Waals surface area contributed by atoms with E-state index in [-0.39, 0.29) is 12.2 Å². The van der Waals surface area contributed by atoms with Crippen LogP contribution in [0.1, 0.15) is 37.3 Å². The van der Waals surface area contributed by atoms with Gasteiger partial charge in [-0.1, -0.05) is 17.4 Å². The van der Waals surface area contributed by atoms with E-state index in [1.54, 1.807) is 18.4 Å². The zero-order valence-corrected chi connectivity index (χ0v) is 22.9. The summed E-state index contributed by atoms with van der Waals surface area (Å²) in [6.45, 7) is 6.25. The molecule has 1 atom stereocenters. The maximum absolute atomic E-state index is 13.6. The van der Waals surface area contributed by atoms with Crippen molar-refractivity contribution in [1.29, 1.82) is 0 Å². The Morgan fingerprint density at radius 3 is 2.58 bits per heavy atom. The van der Waals surface area contributed by atoms with Crippen molar-refractivity contribution in [2.75, 3.05) is 13.2 Å². The smallest absolute Gasteiger partial charge is 0.338 e. The number of rotatable bonds is 6. The Morgan fingerprint density at radius 2 is 1.97 bits per heavy atom. The van der Waals surface area contributed by atoms with Gasteiger partial charge in [0.25, 0.3) is 5.56 Å². The van der Waals surface area contributed by atoms with Crippen LogP contribution in [0.5, 0.6) is 5.75 Å². The number of hydrogen-bond acceptors (Lipinski definition) is 7. The van der Waals surface area contributed by atoms with Crippen LogP contribution in [0, 0.1) is 0 Å². The zero-order valence-electron chi connectivity index (χ0n) is 18.1. The lowest BCUT2D eigenvalue weighted by molar-refractivity contribution is -0.139. The van der Waals surface area contributed by atoms with Crippen LogP contribution >= 0.6 is 54.5 Å². The standard InChI is InChI=1S/C23H20Br2N2O4S2/c1-4-30-20-14(24)9-13(10-15(20)25)11-17-21(28)27-19(16-7-6-8-32-16)18(22(29)31-5-2)12(3)26-23(27)33-17/h6-11,19H,4-5H2,1-3H3/b17-11-/t19-/m1/s1. The highest BCUT2D eigenvalue weighted by Crippen LogP contribution is 2.35. The fraction of sp³-hybridized carbons (Fsp3) is 0.261. The van der Waals surface area contributed by atoms with Gasteiger partial charge in [0.05, 0.1) is 38.0 Å². The summed E-state index contributed by atoms with van der Waals surface area (Å²) >= 11 is 9.87. The molecule has 3 heterocycles. The summed E-state index contributed by atoms with van der Waals surface area (Å²) in [5.74, 6) is 0.259. The maximum atomic E-state index is 13.6. The van der Waals surface area contributed by atoms with Crippen LogP contribution in [0.3, 0.4) is 0 Å². The number of halogens is 2. The molecule has 172 valence electrons. The van der Waals surface area contributed by atoms with Gasteiger partial charge >= 0.3 is 5.97 Å². The second-order valence-corrected chi connectivity index (χ2v) is 10.8. The molecule has 0 amide bonds. The van der Waals surface area contributed by atoms with Gasteiger partial charge in [-0.25, -0.2) is 9.79 Å². The molecule has 0 radical (unpaired) electrons. The van der Waals surface area contributed by atoms with Crippen LogP contribution in [0.2, 0.25) is 0 Å². The zero-order chi connectivity index (χ0) is 23.7. The second kappa shape index (κ2) is 10.1. The highest BCUT2D eigenvalue weighted by atomic mass is 79.9. The molecule has 4 rings (SSSR count). The van der Waals surface area contributed by atoms with Crippen LogP contribution in [-0.2, 0) is 9.53 Å². The first-order chi connectivity index (χ1) is 15.8. The highest BCUT2D eigenvalue weighted by Gasteiger charge is 2.33. The van der Waals surface area contributed by atoms with E-state index < -0.39 is 12.0 Å². The van der Waals surface area contributed by atoms with Gasteiger partial charge in [0.2, 0.25) is 0 Å². The van der Waals surface area contributed by atoms with Crippen molar-refractivity contribution < 1.29 is 14.3 Å². The molecule has 0 saturated carbocycles. The summed E-state index contributed by atoms with van der Waals surface area (Å²) in [6, 6.07) is 7.06. The molecule has 0 fully saturated rings. The van der Waals surface area contributed by atoms with E-state index in [2.05, 4.69) is 36.9 Å². The average Bonchev–Trinajstić information content (AvgIpc) is 3.39. The number of carbonyl (C=O) groups is 1. The number of ether oxygens (including phenoxy) is 2. The number of hydrogen-bond donors (Lipinski definition) is 0. The minimum absolute atomic E-state index is 0.201. The Balaban J connectivity index is 1.89. The monoisotopic (exact) mass is 610 g/mol. The normalized spacial score (nSPS) is 15.9. The van der Waals surface area contributed by atoms with Crippen molar-refractivity contribution in [1.82, 2.24) is 4.57 Å². The van der Waals surface area contributed by atoms with Crippen LogP contribution in [0.4, 0.5) is 0 Å². The molecular formula is C23H20Br2N2O4S2. The van der Waals surface area contributed by atoms with Gasteiger partial charge < -0.3 is 9.47 Å². The quantitative estimate of drug-likeness (QED) is 0.376. The SMILES string of the molecule is CCOC(=O)C1=C(C)N=c2s/c(=C\c3cc(Br)c(OCC)c(Br)c3)c(=O)n2[C@@H]1c1cccs1. The first kappa shape index (κ1) is 24.1. The van der Waals surface area contributed by atoms with Crippen LogP contribution < -0.4 is 19.6 Å². The van der Waals surface area contributed by atoms with Crippen molar-refractivity contribution in [2.45, 2.75) is 26.8 Å². The predicted octanol–water partition coefficient (Wildman–Crippen LogP) is 4.78. The molecule has 1 aromatic carbocycles. The Kier molecular flexibility index (Phi) is 7.37. The van der Waals surface area contributed by atoms with Crippen molar-refractivity contribution in [3.8, 4) is 5.75 Å². The highest BCUT2D eigenvalue weighted by molar-refractivity contribution is 9.11. The third kappa shape index (κ3) is 4.66. The second-order valence-electron chi connectivity index (χ2n) is 7.06. The molecule has 6 nitrogen and oxygen atoms in total. The topological polar surface area (TPSA) is 69.9 Å². The van der Waals surface area contributed by atoms with Gasteiger partial charge in [-0.15, -0.1) is 11.3 Å². The number of nitrogens with zero attached hydrogens (tertiary/aromatic N) is 2. The number of fused-ring (bicyclic) bond motifs is 1. The number of esters is 1. The molecule has 0 saturated heterocycles. The summed E-state index contributed by atoms with van der Waals surface area (Å²) in [7, 11) is 0.